The Morgan fingerprint density at radius 3 is 2.81 bits per heavy atom. The summed E-state index contributed by atoms with van der Waals surface area (Å²) >= 11 is 9.73. The summed E-state index contributed by atoms with van der Waals surface area (Å²) < 4.78 is 1.06. The second-order valence-electron chi connectivity index (χ2n) is 4.56. The van der Waals surface area contributed by atoms with Gasteiger partial charge >= 0.3 is 0 Å². The van der Waals surface area contributed by atoms with Crippen molar-refractivity contribution < 1.29 is 5.21 Å². The predicted octanol–water partition coefficient (Wildman–Crippen LogP) is 4.12. The van der Waals surface area contributed by atoms with E-state index in [0.717, 1.165) is 21.3 Å². The summed E-state index contributed by atoms with van der Waals surface area (Å²) in [7, 11) is 0. The smallest absolute Gasteiger partial charge is 0.170 e. The number of halogens is 2. The van der Waals surface area contributed by atoms with E-state index in [0.29, 0.717) is 17.1 Å². The van der Waals surface area contributed by atoms with E-state index in [9.17, 15) is 0 Å². The second-order valence-corrected chi connectivity index (χ2v) is 5.82. The number of amidine groups is 1. The fourth-order valence-electron chi connectivity index (χ4n) is 1.90. The number of rotatable bonds is 4. The molecule has 0 unspecified atom stereocenters. The van der Waals surface area contributed by atoms with Crippen LogP contribution in [0.2, 0.25) is 5.02 Å². The zero-order valence-corrected chi connectivity index (χ0v) is 13.7. The molecule has 0 aliphatic heterocycles. The van der Waals surface area contributed by atoms with E-state index in [1.165, 1.54) is 0 Å². The van der Waals surface area contributed by atoms with Gasteiger partial charge in [-0.2, -0.15) is 0 Å². The third-order valence-electron chi connectivity index (χ3n) is 3.19. The lowest BCUT2D eigenvalue weighted by molar-refractivity contribution is 0.318. The standard InChI is InChI=1S/C15H15BrClN3O/c1-9-12(16)3-2-4-14(9)19-8-11-6-5-10(7-13(11)17)15(18)20-21/h2-7,19,21H,8H2,1H3,(H2,18,20). The van der Waals surface area contributed by atoms with Crippen molar-refractivity contribution in [2.75, 3.05) is 5.32 Å². The Kier molecular flexibility index (Phi) is 5.09. The number of anilines is 1. The summed E-state index contributed by atoms with van der Waals surface area (Å²) in [5.74, 6) is 0.0410. The summed E-state index contributed by atoms with van der Waals surface area (Å²) in [6.45, 7) is 2.63. The molecule has 4 N–H and O–H groups in total. The molecule has 110 valence electrons. The number of nitrogens with zero attached hydrogens (tertiary/aromatic N) is 1. The van der Waals surface area contributed by atoms with Crippen molar-refractivity contribution in [3.63, 3.8) is 0 Å². The summed E-state index contributed by atoms with van der Waals surface area (Å²) in [5.41, 5.74) is 9.24. The molecule has 0 heterocycles. The Morgan fingerprint density at radius 2 is 2.14 bits per heavy atom. The molecular weight excluding hydrogens is 354 g/mol. The third-order valence-corrected chi connectivity index (χ3v) is 4.40. The maximum absolute atomic E-state index is 8.66. The molecule has 0 aromatic heterocycles. The van der Waals surface area contributed by atoms with Gasteiger partial charge in [0.15, 0.2) is 5.84 Å². The van der Waals surface area contributed by atoms with Crippen LogP contribution in [0.4, 0.5) is 5.69 Å². The monoisotopic (exact) mass is 367 g/mol. The van der Waals surface area contributed by atoms with Gasteiger partial charge in [-0.05, 0) is 36.2 Å². The minimum atomic E-state index is 0.0410. The first-order valence-electron chi connectivity index (χ1n) is 6.28. The minimum Gasteiger partial charge on any atom is -0.409 e. The SMILES string of the molecule is Cc1c(Br)cccc1NCc1ccc(/C(N)=N/O)cc1Cl. The van der Waals surface area contributed by atoms with Crippen molar-refractivity contribution >= 4 is 39.1 Å². The van der Waals surface area contributed by atoms with Crippen molar-refractivity contribution in [2.45, 2.75) is 13.5 Å². The van der Waals surface area contributed by atoms with Crippen LogP contribution >= 0.6 is 27.5 Å². The molecule has 0 aliphatic rings. The van der Waals surface area contributed by atoms with Crippen molar-refractivity contribution in [3.05, 3.63) is 62.6 Å². The van der Waals surface area contributed by atoms with E-state index in [4.69, 9.17) is 22.5 Å². The number of benzene rings is 2. The summed E-state index contributed by atoms with van der Waals surface area (Å²) in [5, 5.41) is 15.5. The quantitative estimate of drug-likeness (QED) is 0.329. The van der Waals surface area contributed by atoms with Gasteiger partial charge in [0.05, 0.1) is 0 Å². The Labute approximate surface area is 136 Å². The molecule has 4 nitrogen and oxygen atoms in total. The van der Waals surface area contributed by atoms with Crippen LogP contribution in [0.3, 0.4) is 0 Å². The van der Waals surface area contributed by atoms with Crippen molar-refractivity contribution in [1.29, 1.82) is 0 Å². The van der Waals surface area contributed by atoms with Gasteiger partial charge in [0.2, 0.25) is 0 Å². The van der Waals surface area contributed by atoms with Crippen LogP contribution in [0.15, 0.2) is 46.0 Å². The molecular formula is C15H15BrClN3O. The lowest BCUT2D eigenvalue weighted by Crippen LogP contribution is -2.13. The van der Waals surface area contributed by atoms with Crippen LogP contribution in [0.1, 0.15) is 16.7 Å². The van der Waals surface area contributed by atoms with E-state index >= 15 is 0 Å². The molecule has 0 saturated heterocycles. The highest BCUT2D eigenvalue weighted by molar-refractivity contribution is 9.10. The van der Waals surface area contributed by atoms with Crippen LogP contribution in [-0.4, -0.2) is 11.0 Å². The Bertz CT molecular complexity index is 689. The van der Waals surface area contributed by atoms with E-state index in [1.54, 1.807) is 12.1 Å². The zero-order valence-electron chi connectivity index (χ0n) is 11.4. The molecule has 0 radical (unpaired) electrons. The Hall–Kier alpha value is -1.72. The van der Waals surface area contributed by atoms with Gasteiger partial charge in [-0.15, -0.1) is 0 Å². The maximum atomic E-state index is 8.66. The van der Waals surface area contributed by atoms with Gasteiger partial charge in [0.1, 0.15) is 0 Å². The van der Waals surface area contributed by atoms with Gasteiger partial charge in [-0.25, -0.2) is 0 Å². The number of nitrogens with one attached hydrogen (secondary N) is 1. The van der Waals surface area contributed by atoms with Gasteiger partial charge in [0, 0.05) is 27.3 Å². The Morgan fingerprint density at radius 1 is 1.38 bits per heavy atom. The normalized spacial score (nSPS) is 11.5. The Balaban J connectivity index is 2.15. The maximum Gasteiger partial charge on any atom is 0.170 e. The second kappa shape index (κ2) is 6.83. The number of hydrogen-bond acceptors (Lipinski definition) is 3. The number of oxime groups is 1. The lowest BCUT2D eigenvalue weighted by atomic mass is 10.1. The highest BCUT2D eigenvalue weighted by atomic mass is 79.9. The van der Waals surface area contributed by atoms with E-state index in [1.807, 2.05) is 31.2 Å². The molecule has 0 saturated carbocycles. The molecule has 2 rings (SSSR count). The van der Waals surface area contributed by atoms with Crippen LogP contribution in [0.25, 0.3) is 0 Å². The molecule has 2 aromatic carbocycles. The van der Waals surface area contributed by atoms with Gasteiger partial charge in [0.25, 0.3) is 0 Å². The van der Waals surface area contributed by atoms with Crippen LogP contribution < -0.4 is 11.1 Å². The number of nitrogens with two attached hydrogens (primary N) is 1. The van der Waals surface area contributed by atoms with Crippen molar-refractivity contribution in [1.82, 2.24) is 0 Å². The zero-order chi connectivity index (χ0) is 15.4. The van der Waals surface area contributed by atoms with Gasteiger partial charge < -0.3 is 16.3 Å². The first-order chi connectivity index (χ1) is 10.0. The van der Waals surface area contributed by atoms with Crippen molar-refractivity contribution in [2.24, 2.45) is 10.9 Å². The topological polar surface area (TPSA) is 70.6 Å². The molecule has 0 atom stereocenters. The fourth-order valence-corrected chi connectivity index (χ4v) is 2.51. The van der Waals surface area contributed by atoms with Gasteiger partial charge in [-0.3, -0.25) is 0 Å². The molecule has 0 spiro atoms. The average Bonchev–Trinajstić information content (AvgIpc) is 2.49. The van der Waals surface area contributed by atoms with Crippen LogP contribution in [-0.2, 0) is 6.54 Å². The van der Waals surface area contributed by atoms with Gasteiger partial charge in [-0.1, -0.05) is 50.9 Å². The summed E-state index contributed by atoms with van der Waals surface area (Å²) in [4.78, 5) is 0. The van der Waals surface area contributed by atoms with Crippen LogP contribution in [0.5, 0.6) is 0 Å². The van der Waals surface area contributed by atoms with Crippen LogP contribution in [0, 0.1) is 6.92 Å². The molecule has 2 aromatic rings. The number of hydrogen-bond donors (Lipinski definition) is 3. The fraction of sp³-hybridized carbons (Fsp3) is 0.133. The lowest BCUT2D eigenvalue weighted by Gasteiger charge is -2.12. The van der Waals surface area contributed by atoms with E-state index in [-0.39, 0.29) is 5.84 Å². The molecule has 0 bridgehead atoms. The minimum absolute atomic E-state index is 0.0410. The van der Waals surface area contributed by atoms with E-state index in [2.05, 4.69) is 26.4 Å². The third kappa shape index (κ3) is 3.68. The first-order valence-corrected chi connectivity index (χ1v) is 7.45. The summed E-state index contributed by atoms with van der Waals surface area (Å²) in [6, 6.07) is 11.3. The molecule has 6 heteroatoms. The molecule has 21 heavy (non-hydrogen) atoms. The largest absolute Gasteiger partial charge is 0.409 e. The average molecular weight is 369 g/mol. The molecule has 0 aliphatic carbocycles. The highest BCUT2D eigenvalue weighted by Gasteiger charge is 2.06. The highest BCUT2D eigenvalue weighted by Crippen LogP contribution is 2.25. The summed E-state index contributed by atoms with van der Waals surface area (Å²) in [6.07, 6.45) is 0. The molecule has 0 amide bonds. The molecule has 0 fully saturated rings. The van der Waals surface area contributed by atoms with E-state index < -0.39 is 0 Å². The first kappa shape index (κ1) is 15.7. The van der Waals surface area contributed by atoms with Crippen molar-refractivity contribution in [3.8, 4) is 0 Å². The predicted molar refractivity (Wildman–Crippen MR) is 90.2 cm³/mol.